The average Bonchev–Trinajstić information content (AvgIpc) is 2.38. The number of benzene rings is 1. The lowest BCUT2D eigenvalue weighted by Gasteiger charge is -2.22. The van der Waals surface area contributed by atoms with Crippen LogP contribution < -0.4 is 5.73 Å². The Morgan fingerprint density at radius 3 is 2.39 bits per heavy atom. The highest BCUT2D eigenvalue weighted by atomic mass is 16.5. The van der Waals surface area contributed by atoms with Gasteiger partial charge in [0.15, 0.2) is 0 Å². The Morgan fingerprint density at radius 2 is 1.89 bits per heavy atom. The molecular weight excluding hydrogens is 226 g/mol. The highest BCUT2D eigenvalue weighted by molar-refractivity contribution is 5.89. The zero-order valence-electron chi connectivity index (χ0n) is 11.5. The van der Waals surface area contributed by atoms with E-state index in [1.165, 1.54) is 0 Å². The first-order valence-electron chi connectivity index (χ1n) is 6.65. The van der Waals surface area contributed by atoms with Crippen molar-refractivity contribution in [3.8, 4) is 0 Å². The van der Waals surface area contributed by atoms with Gasteiger partial charge in [-0.1, -0.05) is 33.6 Å². The number of rotatable bonds is 6. The van der Waals surface area contributed by atoms with Crippen LogP contribution in [-0.4, -0.2) is 12.1 Å². The van der Waals surface area contributed by atoms with Crippen LogP contribution in [0, 0.1) is 5.92 Å². The Balaban J connectivity index is 2.68. The van der Waals surface area contributed by atoms with Gasteiger partial charge in [-0.15, -0.1) is 0 Å². The predicted molar refractivity (Wildman–Crippen MR) is 74.4 cm³/mol. The van der Waals surface area contributed by atoms with E-state index in [2.05, 4.69) is 20.8 Å². The van der Waals surface area contributed by atoms with E-state index < -0.39 is 0 Å². The van der Waals surface area contributed by atoms with Crippen LogP contribution >= 0.6 is 0 Å². The lowest BCUT2D eigenvalue weighted by atomic mass is 9.98. The van der Waals surface area contributed by atoms with Crippen molar-refractivity contribution in [3.05, 3.63) is 29.8 Å². The fourth-order valence-electron chi connectivity index (χ4n) is 1.83. The van der Waals surface area contributed by atoms with Gasteiger partial charge in [0.25, 0.3) is 0 Å². The first-order chi connectivity index (χ1) is 8.58. The van der Waals surface area contributed by atoms with E-state index in [1.54, 1.807) is 24.3 Å². The number of nitrogen functional groups attached to an aromatic ring is 1. The van der Waals surface area contributed by atoms with Crippen molar-refractivity contribution >= 4 is 11.7 Å². The number of carbonyl (C=O) groups excluding carboxylic acids is 1. The Labute approximate surface area is 109 Å². The maximum atomic E-state index is 12.0. The molecule has 0 saturated carbocycles. The lowest BCUT2D eigenvalue weighted by molar-refractivity contribution is 0.0128. The van der Waals surface area contributed by atoms with Gasteiger partial charge in [-0.2, -0.15) is 0 Å². The van der Waals surface area contributed by atoms with Gasteiger partial charge in [0.05, 0.1) is 5.56 Å². The second kappa shape index (κ2) is 7.04. The largest absolute Gasteiger partial charge is 0.459 e. The number of hydrogen-bond acceptors (Lipinski definition) is 3. The van der Waals surface area contributed by atoms with Gasteiger partial charge < -0.3 is 10.5 Å². The van der Waals surface area contributed by atoms with Crippen LogP contribution in [0.1, 0.15) is 50.4 Å². The summed E-state index contributed by atoms with van der Waals surface area (Å²) in [5, 5.41) is 0. The molecule has 1 aromatic carbocycles. The fourth-order valence-corrected chi connectivity index (χ4v) is 1.83. The number of carbonyl (C=O) groups is 1. The van der Waals surface area contributed by atoms with Gasteiger partial charge in [0.1, 0.15) is 6.10 Å². The molecule has 0 radical (unpaired) electrons. The molecule has 0 aromatic heterocycles. The number of nitrogens with two attached hydrogens (primary N) is 1. The molecule has 0 aliphatic heterocycles. The SMILES string of the molecule is CCCC(OC(=O)c1ccc(N)cc1)C(C)CC. The van der Waals surface area contributed by atoms with Gasteiger partial charge >= 0.3 is 5.97 Å². The highest BCUT2D eigenvalue weighted by Crippen LogP contribution is 2.18. The molecule has 2 N–H and O–H groups in total. The van der Waals surface area contributed by atoms with Gasteiger partial charge in [-0.05, 0) is 36.6 Å². The van der Waals surface area contributed by atoms with Gasteiger partial charge in [0, 0.05) is 5.69 Å². The number of esters is 1. The van der Waals surface area contributed by atoms with Crippen LogP contribution in [0.5, 0.6) is 0 Å². The number of anilines is 1. The van der Waals surface area contributed by atoms with Gasteiger partial charge in [0.2, 0.25) is 0 Å². The summed E-state index contributed by atoms with van der Waals surface area (Å²) in [6.45, 7) is 6.34. The zero-order chi connectivity index (χ0) is 13.5. The second-order valence-corrected chi connectivity index (χ2v) is 4.74. The van der Waals surface area contributed by atoms with Crippen molar-refractivity contribution < 1.29 is 9.53 Å². The Bertz CT molecular complexity index is 373. The minimum absolute atomic E-state index is 0.00468. The van der Waals surface area contributed by atoms with Crippen LogP contribution in [-0.2, 0) is 4.74 Å². The molecule has 3 nitrogen and oxygen atoms in total. The molecule has 2 atom stereocenters. The summed E-state index contributed by atoms with van der Waals surface area (Å²) in [4.78, 5) is 12.0. The van der Waals surface area contributed by atoms with Crippen molar-refractivity contribution in [2.24, 2.45) is 5.92 Å². The maximum Gasteiger partial charge on any atom is 0.338 e. The summed E-state index contributed by atoms with van der Waals surface area (Å²) >= 11 is 0. The smallest absolute Gasteiger partial charge is 0.338 e. The van der Waals surface area contributed by atoms with E-state index in [0.29, 0.717) is 17.2 Å². The molecule has 0 spiro atoms. The summed E-state index contributed by atoms with van der Waals surface area (Å²) in [7, 11) is 0. The first-order valence-corrected chi connectivity index (χ1v) is 6.65. The monoisotopic (exact) mass is 249 g/mol. The Kier molecular flexibility index (Phi) is 5.69. The molecule has 2 unspecified atom stereocenters. The third kappa shape index (κ3) is 4.06. The van der Waals surface area contributed by atoms with E-state index in [1.807, 2.05) is 0 Å². The standard InChI is InChI=1S/C15H23NO2/c1-4-6-14(11(3)5-2)18-15(17)12-7-9-13(16)10-8-12/h7-11,14H,4-6,16H2,1-3H3. The summed E-state index contributed by atoms with van der Waals surface area (Å²) in [6.07, 6.45) is 2.95. The topological polar surface area (TPSA) is 52.3 Å². The van der Waals surface area contributed by atoms with E-state index >= 15 is 0 Å². The minimum Gasteiger partial charge on any atom is -0.459 e. The Morgan fingerprint density at radius 1 is 1.28 bits per heavy atom. The fraction of sp³-hybridized carbons (Fsp3) is 0.533. The van der Waals surface area contributed by atoms with Crippen LogP contribution in [0.15, 0.2) is 24.3 Å². The van der Waals surface area contributed by atoms with Crippen LogP contribution in [0.25, 0.3) is 0 Å². The van der Waals surface area contributed by atoms with Crippen molar-refractivity contribution in [2.75, 3.05) is 5.73 Å². The Hall–Kier alpha value is -1.51. The normalized spacial score (nSPS) is 13.9. The van der Waals surface area contributed by atoms with Crippen LogP contribution in [0.3, 0.4) is 0 Å². The zero-order valence-corrected chi connectivity index (χ0v) is 11.5. The predicted octanol–water partition coefficient (Wildman–Crippen LogP) is 3.64. The van der Waals surface area contributed by atoms with Crippen molar-refractivity contribution in [2.45, 2.75) is 46.1 Å². The van der Waals surface area contributed by atoms with Crippen molar-refractivity contribution in [1.82, 2.24) is 0 Å². The number of ether oxygens (including phenoxy) is 1. The highest BCUT2D eigenvalue weighted by Gasteiger charge is 2.20. The molecule has 100 valence electrons. The summed E-state index contributed by atoms with van der Waals surface area (Å²) in [6, 6.07) is 6.85. The van der Waals surface area contributed by atoms with Crippen molar-refractivity contribution in [1.29, 1.82) is 0 Å². The lowest BCUT2D eigenvalue weighted by Crippen LogP contribution is -2.25. The summed E-state index contributed by atoms with van der Waals surface area (Å²) < 4.78 is 5.59. The van der Waals surface area contributed by atoms with Crippen molar-refractivity contribution in [3.63, 3.8) is 0 Å². The molecule has 0 aliphatic carbocycles. The number of hydrogen-bond donors (Lipinski definition) is 1. The maximum absolute atomic E-state index is 12.0. The van der Waals surface area contributed by atoms with E-state index in [9.17, 15) is 4.79 Å². The molecule has 0 fully saturated rings. The first kappa shape index (κ1) is 14.6. The van der Waals surface area contributed by atoms with Gasteiger partial charge in [-0.25, -0.2) is 4.79 Å². The molecular formula is C15H23NO2. The second-order valence-electron chi connectivity index (χ2n) is 4.74. The van der Waals surface area contributed by atoms with Gasteiger partial charge in [-0.3, -0.25) is 0 Å². The molecule has 1 rings (SSSR count). The van der Waals surface area contributed by atoms with E-state index in [4.69, 9.17) is 10.5 Å². The molecule has 0 saturated heterocycles. The molecule has 1 aromatic rings. The van der Waals surface area contributed by atoms with Crippen LogP contribution in [0.4, 0.5) is 5.69 Å². The third-order valence-corrected chi connectivity index (χ3v) is 3.26. The quantitative estimate of drug-likeness (QED) is 0.618. The average molecular weight is 249 g/mol. The molecule has 0 aliphatic rings. The molecule has 3 heteroatoms. The molecule has 0 bridgehead atoms. The summed E-state index contributed by atoms with van der Waals surface area (Å²) in [5.74, 6) is 0.136. The van der Waals surface area contributed by atoms with Crippen LogP contribution in [0.2, 0.25) is 0 Å². The van der Waals surface area contributed by atoms with E-state index in [0.717, 1.165) is 19.3 Å². The molecule has 0 amide bonds. The minimum atomic E-state index is -0.256. The summed E-state index contributed by atoms with van der Waals surface area (Å²) in [5.41, 5.74) is 6.81. The third-order valence-electron chi connectivity index (χ3n) is 3.26. The molecule has 0 heterocycles. The molecule has 18 heavy (non-hydrogen) atoms. The van der Waals surface area contributed by atoms with E-state index in [-0.39, 0.29) is 12.1 Å².